The molecule has 1 aliphatic heterocycles. The molecule has 1 aliphatic rings. The van der Waals surface area contributed by atoms with Gasteiger partial charge in [-0.3, -0.25) is 20.4 Å². The van der Waals surface area contributed by atoms with E-state index in [1.54, 1.807) is 48.5 Å². The van der Waals surface area contributed by atoms with Crippen LogP contribution in [-0.4, -0.2) is 37.6 Å². The van der Waals surface area contributed by atoms with Crippen LogP contribution in [0.1, 0.15) is 41.6 Å². The van der Waals surface area contributed by atoms with E-state index in [1.165, 1.54) is 4.31 Å². The Morgan fingerprint density at radius 1 is 0.933 bits per heavy atom. The van der Waals surface area contributed by atoms with Gasteiger partial charge in [0.1, 0.15) is 0 Å². The Labute approximate surface area is 181 Å². The van der Waals surface area contributed by atoms with Crippen molar-refractivity contribution in [2.75, 3.05) is 13.1 Å². The van der Waals surface area contributed by atoms with Crippen molar-refractivity contribution in [3.8, 4) is 0 Å². The molecule has 0 atom stereocenters. The van der Waals surface area contributed by atoms with Crippen molar-refractivity contribution in [2.24, 2.45) is 0 Å². The molecule has 2 N–H and O–H groups in total. The van der Waals surface area contributed by atoms with Gasteiger partial charge in [-0.2, -0.15) is 4.31 Å². The first-order valence-corrected chi connectivity index (χ1v) is 11.6. The number of hydrogen-bond donors (Lipinski definition) is 2. The third-order valence-electron chi connectivity index (χ3n) is 4.95. The molecule has 2 aromatic carbocycles. The molecule has 2 aromatic rings. The number of benzene rings is 2. The molecule has 30 heavy (non-hydrogen) atoms. The highest BCUT2D eigenvalue weighted by atomic mass is 35.5. The highest BCUT2D eigenvalue weighted by molar-refractivity contribution is 7.89. The maximum atomic E-state index is 12.7. The fourth-order valence-electron chi connectivity index (χ4n) is 3.24. The summed E-state index contributed by atoms with van der Waals surface area (Å²) >= 11 is 5.95. The van der Waals surface area contributed by atoms with Gasteiger partial charge in [0.2, 0.25) is 15.9 Å². The van der Waals surface area contributed by atoms with Crippen molar-refractivity contribution < 1.29 is 18.0 Å². The molecule has 1 heterocycles. The smallest absolute Gasteiger partial charge is 0.271 e. The lowest BCUT2D eigenvalue weighted by Crippen LogP contribution is -2.41. The Hall–Kier alpha value is -2.42. The van der Waals surface area contributed by atoms with Crippen LogP contribution in [0.3, 0.4) is 0 Å². The molecule has 0 bridgehead atoms. The third-order valence-corrected chi connectivity index (χ3v) is 7.19. The van der Waals surface area contributed by atoms with Crippen LogP contribution in [0.15, 0.2) is 53.4 Å². The average molecular weight is 450 g/mol. The summed E-state index contributed by atoms with van der Waals surface area (Å²) in [6.45, 7) is 1.12. The lowest BCUT2D eigenvalue weighted by atomic mass is 10.1. The van der Waals surface area contributed by atoms with E-state index in [4.69, 9.17) is 11.6 Å². The first-order valence-electron chi connectivity index (χ1n) is 9.81. The number of carbonyl (C=O) groups is 2. The zero-order valence-electron chi connectivity index (χ0n) is 16.4. The van der Waals surface area contributed by atoms with Crippen molar-refractivity contribution in [3.63, 3.8) is 0 Å². The van der Waals surface area contributed by atoms with Gasteiger partial charge in [-0.05, 0) is 49.1 Å². The third kappa shape index (κ3) is 5.59. The first kappa shape index (κ1) is 22.3. The van der Waals surface area contributed by atoms with Crippen LogP contribution in [-0.2, 0) is 21.2 Å². The number of piperidine rings is 1. The molecule has 0 saturated carbocycles. The van der Waals surface area contributed by atoms with Gasteiger partial charge in [0.15, 0.2) is 0 Å². The lowest BCUT2D eigenvalue weighted by Gasteiger charge is -2.25. The average Bonchev–Trinajstić information content (AvgIpc) is 2.77. The van der Waals surface area contributed by atoms with Gasteiger partial charge in [0, 0.05) is 19.5 Å². The van der Waals surface area contributed by atoms with Crippen LogP contribution in [0.5, 0.6) is 0 Å². The van der Waals surface area contributed by atoms with Crippen molar-refractivity contribution >= 4 is 33.4 Å². The topological polar surface area (TPSA) is 95.6 Å². The van der Waals surface area contributed by atoms with Crippen LogP contribution in [0.25, 0.3) is 0 Å². The summed E-state index contributed by atoms with van der Waals surface area (Å²) in [5.41, 5.74) is 5.79. The Kier molecular flexibility index (Phi) is 7.47. The monoisotopic (exact) mass is 449 g/mol. The summed E-state index contributed by atoms with van der Waals surface area (Å²) in [6.07, 6.45) is 3.39. The van der Waals surface area contributed by atoms with Crippen molar-refractivity contribution in [2.45, 2.75) is 37.0 Å². The van der Waals surface area contributed by atoms with Crippen LogP contribution >= 0.6 is 11.6 Å². The van der Waals surface area contributed by atoms with Crippen molar-refractivity contribution in [1.82, 2.24) is 15.2 Å². The van der Waals surface area contributed by atoms with Gasteiger partial charge >= 0.3 is 0 Å². The molecule has 7 nitrogen and oxygen atoms in total. The van der Waals surface area contributed by atoms with E-state index >= 15 is 0 Å². The van der Waals surface area contributed by atoms with Gasteiger partial charge in [0.25, 0.3) is 5.91 Å². The number of amides is 2. The molecule has 0 aromatic heterocycles. The van der Waals surface area contributed by atoms with Gasteiger partial charge in [-0.15, -0.1) is 0 Å². The Morgan fingerprint density at radius 2 is 1.60 bits per heavy atom. The van der Waals surface area contributed by atoms with Gasteiger partial charge < -0.3 is 0 Å². The number of nitrogens with zero attached hydrogens (tertiary/aromatic N) is 1. The van der Waals surface area contributed by atoms with Crippen molar-refractivity contribution in [1.29, 1.82) is 0 Å². The summed E-state index contributed by atoms with van der Waals surface area (Å²) in [5, 5.41) is 0.295. The minimum absolute atomic E-state index is 0.140. The summed E-state index contributed by atoms with van der Waals surface area (Å²) in [7, 11) is -3.46. The maximum Gasteiger partial charge on any atom is 0.271 e. The number of halogens is 1. The number of hydrogen-bond acceptors (Lipinski definition) is 4. The van der Waals surface area contributed by atoms with E-state index in [-0.39, 0.29) is 22.8 Å². The number of aryl methyl sites for hydroxylation is 1. The highest BCUT2D eigenvalue weighted by Gasteiger charge is 2.25. The van der Waals surface area contributed by atoms with E-state index in [9.17, 15) is 18.0 Å². The molecule has 160 valence electrons. The predicted octanol–water partition coefficient (Wildman–Crippen LogP) is 2.91. The molecular weight excluding hydrogens is 426 g/mol. The molecule has 0 spiro atoms. The Bertz CT molecular complexity index is 1000. The zero-order valence-corrected chi connectivity index (χ0v) is 18.0. The van der Waals surface area contributed by atoms with Crippen LogP contribution < -0.4 is 10.9 Å². The summed E-state index contributed by atoms with van der Waals surface area (Å²) in [6, 6.07) is 13.1. The molecule has 3 rings (SSSR count). The first-order chi connectivity index (χ1) is 14.4. The predicted molar refractivity (Wildman–Crippen MR) is 114 cm³/mol. The number of hydrazine groups is 1. The van der Waals surface area contributed by atoms with Gasteiger partial charge in [-0.1, -0.05) is 42.3 Å². The van der Waals surface area contributed by atoms with E-state index in [2.05, 4.69) is 10.9 Å². The Balaban J connectivity index is 1.49. The van der Waals surface area contributed by atoms with Gasteiger partial charge in [-0.25, -0.2) is 8.42 Å². The quantitative estimate of drug-likeness (QED) is 0.663. The number of rotatable bonds is 6. The summed E-state index contributed by atoms with van der Waals surface area (Å²) in [4.78, 5) is 24.3. The number of sulfonamides is 1. The SMILES string of the molecule is O=C(CCc1ccc(S(=O)(=O)N2CCCCC2)cc1)NNC(=O)c1ccccc1Cl. The second kappa shape index (κ2) is 10.1. The summed E-state index contributed by atoms with van der Waals surface area (Å²) in [5.74, 6) is -0.860. The van der Waals surface area contributed by atoms with Crippen LogP contribution in [0, 0.1) is 0 Å². The standard InChI is InChI=1S/C21H24ClN3O4S/c22-19-7-3-2-6-18(19)21(27)24-23-20(26)13-10-16-8-11-17(12-9-16)30(28,29)25-14-4-1-5-15-25/h2-3,6-9,11-12H,1,4-5,10,13-15H2,(H,23,26)(H,24,27). The summed E-state index contributed by atoms with van der Waals surface area (Å²) < 4.78 is 26.9. The molecule has 1 saturated heterocycles. The number of nitrogens with one attached hydrogen (secondary N) is 2. The van der Waals surface area contributed by atoms with E-state index in [1.807, 2.05) is 0 Å². The van der Waals surface area contributed by atoms with E-state index in [0.717, 1.165) is 24.8 Å². The molecule has 0 radical (unpaired) electrons. The Morgan fingerprint density at radius 3 is 2.27 bits per heavy atom. The fourth-order valence-corrected chi connectivity index (χ4v) is 4.98. The molecule has 0 aliphatic carbocycles. The lowest BCUT2D eigenvalue weighted by molar-refractivity contribution is -0.121. The van der Waals surface area contributed by atoms with Crippen LogP contribution in [0.4, 0.5) is 0 Å². The minimum Gasteiger partial charge on any atom is -0.273 e. The van der Waals surface area contributed by atoms with E-state index < -0.39 is 15.9 Å². The number of carbonyl (C=O) groups excluding carboxylic acids is 2. The largest absolute Gasteiger partial charge is 0.273 e. The second-order valence-corrected chi connectivity index (χ2v) is 9.44. The molecule has 9 heteroatoms. The molecule has 1 fully saturated rings. The normalized spacial score (nSPS) is 14.8. The molecule has 0 unspecified atom stereocenters. The zero-order chi connectivity index (χ0) is 21.6. The highest BCUT2D eigenvalue weighted by Crippen LogP contribution is 2.21. The van der Waals surface area contributed by atoms with Crippen LogP contribution in [0.2, 0.25) is 5.02 Å². The van der Waals surface area contributed by atoms with E-state index in [0.29, 0.717) is 24.5 Å². The maximum absolute atomic E-state index is 12.7. The minimum atomic E-state index is -3.46. The fraction of sp³-hybridized carbons (Fsp3) is 0.333. The van der Waals surface area contributed by atoms with Crippen molar-refractivity contribution in [3.05, 3.63) is 64.7 Å². The molecule has 2 amide bonds. The second-order valence-electron chi connectivity index (χ2n) is 7.09. The van der Waals surface area contributed by atoms with Gasteiger partial charge in [0.05, 0.1) is 15.5 Å². The molecular formula is C21H24ClN3O4S.